The van der Waals surface area contributed by atoms with Crippen LogP contribution < -0.4 is 15.6 Å². The van der Waals surface area contributed by atoms with Crippen LogP contribution in [0.15, 0.2) is 23.0 Å². The smallest absolute Gasteiger partial charge is 0.504 e. The average Bonchev–Trinajstić information content (AvgIpc) is 3.29. The summed E-state index contributed by atoms with van der Waals surface area (Å²) in [6.45, 7) is 4.03. The van der Waals surface area contributed by atoms with Crippen LogP contribution in [0, 0.1) is 0 Å². The molecule has 1 amide bonds. The zero-order chi connectivity index (χ0) is 24.9. The second kappa shape index (κ2) is 9.87. The molecule has 5 rings (SSSR count). The number of likely N-dealkylation sites (tertiary alicyclic amines) is 1. The minimum atomic E-state index is -1.65. The number of H-pyrrole nitrogens is 1. The van der Waals surface area contributed by atoms with E-state index in [2.05, 4.69) is 36.6 Å². The number of halogens is 1. The van der Waals surface area contributed by atoms with Gasteiger partial charge in [0, 0.05) is 67.4 Å². The van der Waals surface area contributed by atoms with Crippen molar-refractivity contribution in [2.75, 3.05) is 13.1 Å². The normalized spacial score (nSPS) is 17.1. The van der Waals surface area contributed by atoms with E-state index in [-0.39, 0.29) is 24.4 Å². The number of hydrogen-bond acceptors (Lipinski definition) is 6. The summed E-state index contributed by atoms with van der Waals surface area (Å²) in [6, 6.07) is 6.46. The zero-order valence-electron chi connectivity index (χ0n) is 20.1. The van der Waals surface area contributed by atoms with E-state index < -0.39 is 23.2 Å². The molecule has 1 aliphatic carbocycles. The molecule has 0 radical (unpaired) electrons. The average molecular weight is 517 g/mol. The van der Waals surface area contributed by atoms with E-state index in [1.54, 1.807) is 6.92 Å². The Hall–Kier alpha value is -3.50. The number of rotatable bonds is 4. The molecular formula is C25H29ClN4O6. The van der Waals surface area contributed by atoms with Crippen molar-refractivity contribution in [1.82, 2.24) is 19.8 Å². The Morgan fingerprint density at radius 3 is 2.75 bits per heavy atom. The number of amides is 1. The van der Waals surface area contributed by atoms with Gasteiger partial charge >= 0.3 is 6.16 Å². The Labute approximate surface area is 213 Å². The van der Waals surface area contributed by atoms with E-state index in [4.69, 9.17) is 5.11 Å². The number of aryl methyl sites for hydroxylation is 2. The largest absolute Gasteiger partial charge is 0.511 e. The topological polar surface area (TPSA) is 137 Å². The standard InChI is InChI=1S/C25H28N4O6.ClH/c1-13(30)26-16-6-7-29(11-16)12-17-8-15-9-19-14(10-20(15)28(17)2)4-3-5-18-21(19)27-24(32)23(22(18)31)35-25(33)34;/h8-10,16H,3-7,11-12H2,1-2H3,(H,26,30)(H,33,34)(H2,27,31,32);1H. The fraction of sp³-hybridized carbons (Fsp3) is 0.400. The molecule has 0 bridgehead atoms. The van der Waals surface area contributed by atoms with Gasteiger partial charge in [0.1, 0.15) is 0 Å². The zero-order valence-corrected chi connectivity index (χ0v) is 20.9. The number of aromatic nitrogens is 2. The van der Waals surface area contributed by atoms with Gasteiger partial charge in [0.2, 0.25) is 11.7 Å². The number of pyridine rings is 1. The highest BCUT2D eigenvalue weighted by Crippen LogP contribution is 2.40. The van der Waals surface area contributed by atoms with Gasteiger partial charge in [-0.3, -0.25) is 14.5 Å². The minimum absolute atomic E-state index is 0. The molecule has 0 saturated carbocycles. The van der Waals surface area contributed by atoms with E-state index in [1.165, 1.54) is 0 Å². The number of carboxylic acid groups (broad SMARTS) is 1. The van der Waals surface area contributed by atoms with Gasteiger partial charge in [0.25, 0.3) is 5.56 Å². The van der Waals surface area contributed by atoms with Crippen molar-refractivity contribution >= 4 is 35.4 Å². The first-order valence-electron chi connectivity index (χ1n) is 11.7. The van der Waals surface area contributed by atoms with Gasteiger partial charge in [-0.15, -0.1) is 12.4 Å². The Balaban J connectivity index is 0.00000304. The second-order valence-electron chi connectivity index (χ2n) is 9.39. The van der Waals surface area contributed by atoms with Crippen molar-refractivity contribution in [3.05, 3.63) is 45.4 Å². The lowest BCUT2D eigenvalue weighted by molar-refractivity contribution is -0.119. The highest BCUT2D eigenvalue weighted by Gasteiger charge is 2.27. The number of nitrogens with one attached hydrogen (secondary N) is 2. The molecule has 1 aliphatic heterocycles. The number of fused-ring (bicyclic) bond motifs is 4. The molecule has 1 unspecified atom stereocenters. The summed E-state index contributed by atoms with van der Waals surface area (Å²) < 4.78 is 6.72. The summed E-state index contributed by atoms with van der Waals surface area (Å²) in [5, 5.41) is 23.6. The number of aromatic hydroxyl groups is 1. The molecule has 2 aliphatic rings. The van der Waals surface area contributed by atoms with Crippen LogP contribution >= 0.6 is 12.4 Å². The van der Waals surface area contributed by atoms with Crippen molar-refractivity contribution in [3.8, 4) is 22.8 Å². The van der Waals surface area contributed by atoms with E-state index in [9.17, 15) is 19.5 Å². The molecule has 4 N–H and O–H groups in total. The molecule has 1 fully saturated rings. The van der Waals surface area contributed by atoms with Gasteiger partial charge in [-0.25, -0.2) is 4.79 Å². The minimum Gasteiger partial charge on any atom is -0.504 e. The van der Waals surface area contributed by atoms with Crippen molar-refractivity contribution < 1.29 is 24.5 Å². The highest BCUT2D eigenvalue weighted by atomic mass is 35.5. The SMILES string of the molecule is CC(=O)NC1CCN(Cc2cc3cc4c(cc3n2C)CCCc2c-4[nH]c(=O)c(OC(=O)O)c2O)C1.Cl. The predicted molar refractivity (Wildman–Crippen MR) is 136 cm³/mol. The number of benzene rings is 1. The van der Waals surface area contributed by atoms with Crippen LogP contribution in [0.2, 0.25) is 0 Å². The van der Waals surface area contributed by atoms with Crippen molar-refractivity contribution in [1.29, 1.82) is 0 Å². The number of carbonyl (C=O) groups is 2. The number of aromatic amines is 1. The summed E-state index contributed by atoms with van der Waals surface area (Å²) >= 11 is 0. The number of ether oxygens (including phenoxy) is 1. The maximum atomic E-state index is 12.5. The van der Waals surface area contributed by atoms with Crippen LogP contribution in [0.3, 0.4) is 0 Å². The molecule has 1 atom stereocenters. The third kappa shape index (κ3) is 4.66. The van der Waals surface area contributed by atoms with E-state index in [0.717, 1.165) is 66.6 Å². The molecule has 1 saturated heterocycles. The van der Waals surface area contributed by atoms with E-state index in [0.29, 0.717) is 17.7 Å². The molecule has 3 aromatic rings. The van der Waals surface area contributed by atoms with Crippen molar-refractivity contribution in [3.63, 3.8) is 0 Å². The first-order chi connectivity index (χ1) is 16.7. The van der Waals surface area contributed by atoms with Crippen LogP contribution in [-0.4, -0.2) is 55.9 Å². The molecular weight excluding hydrogens is 488 g/mol. The maximum absolute atomic E-state index is 12.5. The molecule has 0 spiro atoms. The molecule has 1 aromatic carbocycles. The fourth-order valence-electron chi connectivity index (χ4n) is 5.41. The molecule has 11 heteroatoms. The molecule has 36 heavy (non-hydrogen) atoms. The Kier molecular flexibility index (Phi) is 7.01. The van der Waals surface area contributed by atoms with Crippen molar-refractivity contribution in [2.45, 2.75) is 45.2 Å². The Morgan fingerprint density at radius 2 is 2.03 bits per heavy atom. The second-order valence-corrected chi connectivity index (χ2v) is 9.39. The number of hydrogen-bond donors (Lipinski definition) is 4. The monoisotopic (exact) mass is 516 g/mol. The van der Waals surface area contributed by atoms with Crippen LogP contribution in [0.1, 0.15) is 36.6 Å². The van der Waals surface area contributed by atoms with Gasteiger partial charge in [-0.05, 0) is 49.4 Å². The Bertz CT molecular complexity index is 1410. The number of nitrogens with zero attached hydrogens (tertiary/aromatic N) is 2. The third-order valence-electron chi connectivity index (χ3n) is 7.01. The Morgan fingerprint density at radius 1 is 1.25 bits per heavy atom. The summed E-state index contributed by atoms with van der Waals surface area (Å²) in [7, 11) is 2.04. The van der Waals surface area contributed by atoms with Gasteiger partial charge < -0.3 is 29.8 Å². The van der Waals surface area contributed by atoms with Gasteiger partial charge in [0.15, 0.2) is 5.75 Å². The van der Waals surface area contributed by atoms with Crippen LogP contribution in [0.4, 0.5) is 4.79 Å². The first-order valence-corrected chi connectivity index (χ1v) is 11.7. The van der Waals surface area contributed by atoms with Gasteiger partial charge in [-0.1, -0.05) is 0 Å². The number of carbonyl (C=O) groups excluding carboxylic acids is 1. The lowest BCUT2D eigenvalue weighted by atomic mass is 9.99. The summed E-state index contributed by atoms with van der Waals surface area (Å²) in [6.07, 6.45) is 1.24. The molecule has 2 aromatic heterocycles. The van der Waals surface area contributed by atoms with E-state index in [1.807, 2.05) is 13.1 Å². The maximum Gasteiger partial charge on any atom is 0.511 e. The summed E-state index contributed by atoms with van der Waals surface area (Å²) in [5.74, 6) is -1.02. The lowest BCUT2D eigenvalue weighted by Crippen LogP contribution is -2.35. The lowest BCUT2D eigenvalue weighted by Gasteiger charge is -2.17. The van der Waals surface area contributed by atoms with Crippen LogP contribution in [0.25, 0.3) is 22.2 Å². The fourth-order valence-corrected chi connectivity index (χ4v) is 5.41. The summed E-state index contributed by atoms with van der Waals surface area (Å²) in [4.78, 5) is 40.0. The molecule has 10 nitrogen and oxygen atoms in total. The van der Waals surface area contributed by atoms with Crippen LogP contribution in [0.5, 0.6) is 11.5 Å². The van der Waals surface area contributed by atoms with Crippen molar-refractivity contribution in [2.24, 2.45) is 7.05 Å². The first kappa shape index (κ1) is 25.6. The van der Waals surface area contributed by atoms with Gasteiger partial charge in [-0.2, -0.15) is 0 Å². The van der Waals surface area contributed by atoms with E-state index >= 15 is 0 Å². The quantitative estimate of drug-likeness (QED) is 0.391. The van der Waals surface area contributed by atoms with Crippen LogP contribution in [-0.2, 0) is 31.2 Å². The highest BCUT2D eigenvalue weighted by molar-refractivity contribution is 5.89. The van der Waals surface area contributed by atoms with Gasteiger partial charge in [0.05, 0.1) is 5.69 Å². The molecule has 192 valence electrons. The predicted octanol–water partition coefficient (Wildman–Crippen LogP) is 2.92. The third-order valence-corrected chi connectivity index (χ3v) is 7.01. The summed E-state index contributed by atoms with van der Waals surface area (Å²) in [5.41, 5.74) is 4.30. The molecule has 3 heterocycles.